The molecular formula is C15H27NO2. The van der Waals surface area contributed by atoms with Crippen molar-refractivity contribution in [2.75, 3.05) is 13.1 Å². The number of amides is 1. The molecule has 1 atom stereocenters. The minimum Gasteiger partial charge on any atom is -0.392 e. The number of hydrogen-bond acceptors (Lipinski definition) is 2. The van der Waals surface area contributed by atoms with Crippen molar-refractivity contribution in [3.63, 3.8) is 0 Å². The lowest BCUT2D eigenvalue weighted by molar-refractivity contribution is -0.148. The van der Waals surface area contributed by atoms with Crippen molar-refractivity contribution in [2.45, 2.75) is 65.4 Å². The van der Waals surface area contributed by atoms with Gasteiger partial charge in [-0.3, -0.25) is 4.79 Å². The Morgan fingerprint density at radius 1 is 1.33 bits per heavy atom. The molecule has 2 aliphatic rings. The zero-order valence-corrected chi connectivity index (χ0v) is 12.0. The predicted molar refractivity (Wildman–Crippen MR) is 72.2 cm³/mol. The van der Waals surface area contributed by atoms with Gasteiger partial charge in [0.15, 0.2) is 0 Å². The Labute approximate surface area is 111 Å². The van der Waals surface area contributed by atoms with E-state index in [1.807, 2.05) is 4.90 Å². The van der Waals surface area contributed by atoms with Crippen LogP contribution in [0.1, 0.15) is 59.3 Å². The summed E-state index contributed by atoms with van der Waals surface area (Å²) in [6.45, 7) is 7.70. The highest BCUT2D eigenvalue weighted by Crippen LogP contribution is 2.43. The van der Waals surface area contributed by atoms with Gasteiger partial charge in [0.2, 0.25) is 5.91 Å². The number of rotatable bonds is 2. The SMILES string of the molecule is CCC1(C(=O)N2CCC(O)C(C)(C)C2)CCCC1. The molecule has 3 nitrogen and oxygen atoms in total. The molecule has 0 aromatic heterocycles. The van der Waals surface area contributed by atoms with Crippen molar-refractivity contribution < 1.29 is 9.90 Å². The standard InChI is InChI=1S/C15H27NO2/c1-4-15(8-5-6-9-15)13(18)16-10-7-12(17)14(2,3)11-16/h12,17H,4-11H2,1-3H3. The summed E-state index contributed by atoms with van der Waals surface area (Å²) in [5.74, 6) is 0.350. The predicted octanol–water partition coefficient (Wildman–Crippen LogP) is 2.58. The molecule has 1 saturated carbocycles. The van der Waals surface area contributed by atoms with Crippen LogP contribution in [0.15, 0.2) is 0 Å². The summed E-state index contributed by atoms with van der Waals surface area (Å²) >= 11 is 0. The first-order valence-electron chi connectivity index (χ1n) is 7.39. The molecule has 0 aromatic carbocycles. The molecule has 0 radical (unpaired) electrons. The van der Waals surface area contributed by atoms with E-state index in [4.69, 9.17) is 0 Å². The van der Waals surface area contributed by atoms with Crippen LogP contribution in [0.3, 0.4) is 0 Å². The minimum atomic E-state index is -0.275. The van der Waals surface area contributed by atoms with Gasteiger partial charge in [-0.1, -0.05) is 33.6 Å². The van der Waals surface area contributed by atoms with Gasteiger partial charge in [-0.15, -0.1) is 0 Å². The zero-order valence-electron chi connectivity index (χ0n) is 12.0. The fraction of sp³-hybridized carbons (Fsp3) is 0.933. The molecule has 1 saturated heterocycles. The van der Waals surface area contributed by atoms with Gasteiger partial charge in [0, 0.05) is 23.9 Å². The number of carbonyl (C=O) groups is 1. The number of piperidine rings is 1. The van der Waals surface area contributed by atoms with Gasteiger partial charge in [-0.2, -0.15) is 0 Å². The molecule has 2 fully saturated rings. The normalized spacial score (nSPS) is 30.4. The van der Waals surface area contributed by atoms with E-state index in [1.54, 1.807) is 0 Å². The topological polar surface area (TPSA) is 40.5 Å². The summed E-state index contributed by atoms with van der Waals surface area (Å²) in [5.41, 5.74) is -0.250. The van der Waals surface area contributed by atoms with E-state index in [0.29, 0.717) is 12.5 Å². The first-order chi connectivity index (χ1) is 8.41. The van der Waals surface area contributed by atoms with E-state index < -0.39 is 0 Å². The van der Waals surface area contributed by atoms with Gasteiger partial charge in [-0.05, 0) is 25.7 Å². The second kappa shape index (κ2) is 4.84. The van der Waals surface area contributed by atoms with Crippen LogP contribution in [0.5, 0.6) is 0 Å². The van der Waals surface area contributed by atoms with Crippen LogP contribution >= 0.6 is 0 Å². The number of aliphatic hydroxyl groups is 1. The summed E-state index contributed by atoms with van der Waals surface area (Å²) in [7, 11) is 0. The van der Waals surface area contributed by atoms with Crippen LogP contribution in [0.4, 0.5) is 0 Å². The Hall–Kier alpha value is -0.570. The van der Waals surface area contributed by atoms with E-state index in [-0.39, 0.29) is 16.9 Å². The number of carbonyl (C=O) groups excluding carboxylic acids is 1. The average Bonchev–Trinajstić information content (AvgIpc) is 2.81. The second-order valence-electron chi connectivity index (χ2n) is 6.86. The van der Waals surface area contributed by atoms with Gasteiger partial charge in [0.1, 0.15) is 0 Å². The summed E-state index contributed by atoms with van der Waals surface area (Å²) in [6, 6.07) is 0. The van der Waals surface area contributed by atoms with Crippen molar-refractivity contribution in [1.82, 2.24) is 4.90 Å². The molecule has 3 heteroatoms. The molecule has 0 spiro atoms. The van der Waals surface area contributed by atoms with Crippen molar-refractivity contribution in [1.29, 1.82) is 0 Å². The lowest BCUT2D eigenvalue weighted by Gasteiger charge is -2.44. The molecule has 1 aliphatic carbocycles. The number of nitrogens with zero attached hydrogens (tertiary/aromatic N) is 1. The molecule has 0 bridgehead atoms. The Balaban J connectivity index is 2.10. The van der Waals surface area contributed by atoms with E-state index in [2.05, 4.69) is 20.8 Å². The fourth-order valence-electron chi connectivity index (χ4n) is 3.62. The molecule has 0 aromatic rings. The lowest BCUT2D eigenvalue weighted by atomic mass is 9.77. The molecule has 2 rings (SSSR count). The molecular weight excluding hydrogens is 226 g/mol. The van der Waals surface area contributed by atoms with Crippen LogP contribution in [0.2, 0.25) is 0 Å². The quantitative estimate of drug-likeness (QED) is 0.821. The number of hydrogen-bond donors (Lipinski definition) is 1. The van der Waals surface area contributed by atoms with Crippen LogP contribution in [0, 0.1) is 10.8 Å². The van der Waals surface area contributed by atoms with E-state index in [0.717, 1.165) is 32.2 Å². The Bertz CT molecular complexity index is 318. The first-order valence-corrected chi connectivity index (χ1v) is 7.39. The Kier molecular flexibility index (Phi) is 3.72. The highest BCUT2D eigenvalue weighted by molar-refractivity contribution is 5.83. The number of aliphatic hydroxyl groups excluding tert-OH is 1. The molecule has 1 N–H and O–H groups in total. The van der Waals surface area contributed by atoms with E-state index >= 15 is 0 Å². The van der Waals surface area contributed by atoms with Crippen LogP contribution in [0.25, 0.3) is 0 Å². The molecule has 1 aliphatic heterocycles. The van der Waals surface area contributed by atoms with E-state index in [9.17, 15) is 9.90 Å². The third-order valence-corrected chi connectivity index (χ3v) is 5.15. The maximum atomic E-state index is 12.8. The average molecular weight is 253 g/mol. The maximum Gasteiger partial charge on any atom is 0.228 e. The van der Waals surface area contributed by atoms with E-state index in [1.165, 1.54) is 12.8 Å². The molecule has 104 valence electrons. The smallest absolute Gasteiger partial charge is 0.228 e. The summed E-state index contributed by atoms with van der Waals surface area (Å²) < 4.78 is 0. The van der Waals surface area contributed by atoms with Gasteiger partial charge in [0.25, 0.3) is 0 Å². The van der Waals surface area contributed by atoms with Crippen molar-refractivity contribution in [2.24, 2.45) is 10.8 Å². The van der Waals surface area contributed by atoms with Crippen LogP contribution in [-0.2, 0) is 4.79 Å². The lowest BCUT2D eigenvalue weighted by Crippen LogP contribution is -2.54. The first kappa shape index (κ1) is 13.9. The van der Waals surface area contributed by atoms with Gasteiger partial charge < -0.3 is 10.0 Å². The third-order valence-electron chi connectivity index (χ3n) is 5.15. The van der Waals surface area contributed by atoms with Gasteiger partial charge in [0.05, 0.1) is 6.10 Å². The van der Waals surface area contributed by atoms with Crippen molar-refractivity contribution >= 4 is 5.91 Å². The molecule has 1 unspecified atom stereocenters. The third kappa shape index (κ3) is 2.29. The minimum absolute atomic E-state index is 0.0849. The highest BCUT2D eigenvalue weighted by atomic mass is 16.3. The monoisotopic (exact) mass is 253 g/mol. The van der Waals surface area contributed by atoms with Crippen LogP contribution < -0.4 is 0 Å². The molecule has 18 heavy (non-hydrogen) atoms. The molecule has 1 amide bonds. The summed E-state index contributed by atoms with van der Waals surface area (Å²) in [4.78, 5) is 14.8. The summed E-state index contributed by atoms with van der Waals surface area (Å²) in [6.07, 6.45) is 5.91. The molecule has 1 heterocycles. The summed E-state index contributed by atoms with van der Waals surface area (Å²) in [5, 5.41) is 9.99. The van der Waals surface area contributed by atoms with Crippen molar-refractivity contribution in [3.05, 3.63) is 0 Å². The maximum absolute atomic E-state index is 12.8. The fourth-order valence-corrected chi connectivity index (χ4v) is 3.62. The van der Waals surface area contributed by atoms with Gasteiger partial charge in [-0.25, -0.2) is 0 Å². The largest absolute Gasteiger partial charge is 0.392 e. The second-order valence-corrected chi connectivity index (χ2v) is 6.86. The Morgan fingerprint density at radius 2 is 1.94 bits per heavy atom. The zero-order chi connectivity index (χ0) is 13.4. The number of likely N-dealkylation sites (tertiary alicyclic amines) is 1. The van der Waals surface area contributed by atoms with Crippen LogP contribution in [-0.4, -0.2) is 35.1 Å². The van der Waals surface area contributed by atoms with Gasteiger partial charge >= 0.3 is 0 Å². The highest BCUT2D eigenvalue weighted by Gasteiger charge is 2.45. The van der Waals surface area contributed by atoms with Crippen molar-refractivity contribution in [3.8, 4) is 0 Å². The Morgan fingerprint density at radius 3 is 2.44 bits per heavy atom.